The molecule has 15 heteroatoms. The van der Waals surface area contributed by atoms with Gasteiger partial charge in [0.2, 0.25) is 0 Å². The number of hydrogen-bond donors (Lipinski definition) is 1. The molecular formula is C54H98N2O10Si3. The van der Waals surface area contributed by atoms with Crippen molar-refractivity contribution in [1.82, 2.24) is 10.2 Å². The van der Waals surface area contributed by atoms with Crippen molar-refractivity contribution >= 4 is 43.0 Å². The molecule has 2 bridgehead atoms. The Morgan fingerprint density at radius 1 is 0.928 bits per heavy atom. The van der Waals surface area contributed by atoms with Gasteiger partial charge in [0.05, 0.1) is 30.3 Å². The number of nitrogens with one attached hydrogen (secondary N) is 1. The van der Waals surface area contributed by atoms with Gasteiger partial charge in [0.25, 0.3) is 0 Å². The monoisotopic (exact) mass is 1020 g/mol. The third-order valence-corrected chi connectivity index (χ3v) is 31.4. The second-order valence-corrected chi connectivity index (χ2v) is 35.8. The number of carbonyl (C=O) groups is 3. The van der Waals surface area contributed by atoms with Gasteiger partial charge in [-0.1, -0.05) is 107 Å². The van der Waals surface area contributed by atoms with Crippen LogP contribution in [-0.2, 0) is 41.8 Å². The number of amides is 1. The number of carbonyl (C=O) groups excluding carboxylic acids is 3. The van der Waals surface area contributed by atoms with Crippen LogP contribution in [0.15, 0.2) is 36.0 Å². The van der Waals surface area contributed by atoms with Gasteiger partial charge in [-0.2, -0.15) is 0 Å². The Morgan fingerprint density at radius 2 is 1.54 bits per heavy atom. The van der Waals surface area contributed by atoms with E-state index in [4.69, 9.17) is 32.2 Å². The zero-order chi connectivity index (χ0) is 51.4. The third kappa shape index (κ3) is 15.5. The van der Waals surface area contributed by atoms with Gasteiger partial charge in [-0.15, -0.1) is 0 Å². The number of fused-ring (bicyclic) bond motifs is 2. The van der Waals surface area contributed by atoms with Crippen LogP contribution in [0.25, 0.3) is 0 Å². The van der Waals surface area contributed by atoms with Crippen molar-refractivity contribution < 1.29 is 46.6 Å². The summed E-state index contributed by atoms with van der Waals surface area (Å²) in [5.74, 6) is -0.863. The lowest BCUT2D eigenvalue weighted by Gasteiger charge is -2.40. The number of epoxide rings is 1. The van der Waals surface area contributed by atoms with E-state index >= 15 is 0 Å². The molecule has 0 spiro atoms. The van der Waals surface area contributed by atoms with Crippen molar-refractivity contribution in [3.8, 4) is 0 Å². The fourth-order valence-electron chi connectivity index (χ4n) is 11.6. The number of likely N-dealkylation sites (tertiary alicyclic amines) is 1. The van der Waals surface area contributed by atoms with Gasteiger partial charge in [0.1, 0.15) is 6.10 Å². The van der Waals surface area contributed by atoms with Crippen LogP contribution in [0.1, 0.15) is 149 Å². The molecule has 0 aromatic rings. The van der Waals surface area contributed by atoms with Crippen LogP contribution in [0, 0.1) is 11.8 Å². The van der Waals surface area contributed by atoms with Crippen molar-refractivity contribution in [2.75, 3.05) is 13.1 Å². The van der Waals surface area contributed by atoms with E-state index in [-0.39, 0.29) is 54.6 Å². The number of allylic oxidation sites excluding steroid dienone is 2. The Kier molecular flexibility index (Phi) is 22.6. The number of nitrogens with zero attached hydrogens (tertiary/aromatic N) is 1. The molecule has 0 aromatic heterocycles. The summed E-state index contributed by atoms with van der Waals surface area (Å²) >= 11 is 0. The van der Waals surface area contributed by atoms with Gasteiger partial charge in [0, 0.05) is 56.5 Å². The molecule has 1 amide bonds. The van der Waals surface area contributed by atoms with E-state index in [9.17, 15) is 14.4 Å². The number of ether oxygens (including phenoxy) is 4. The highest BCUT2D eigenvalue weighted by atomic mass is 28.4. The van der Waals surface area contributed by atoms with Crippen molar-refractivity contribution in [3.05, 3.63) is 36.0 Å². The van der Waals surface area contributed by atoms with Crippen LogP contribution >= 0.6 is 0 Å². The topological polar surface area (TPSA) is 134 Å². The minimum Gasteiger partial charge on any atom is -0.457 e. The average molecular weight is 1020 g/mol. The summed E-state index contributed by atoms with van der Waals surface area (Å²) in [6, 6.07) is 9.53. The van der Waals surface area contributed by atoms with Gasteiger partial charge >= 0.3 is 18.0 Å². The SMILES string of the molecule is CC[C@H](O[Si](CC)(CC)CC)[C@@H](C)[C@H]1O[C@@H]1CC(C)(/C=C/C=C(\C)C1OC(=O)CC(O[Si](CC)(CC)CC)CCC(C)(OC(=O)N2CC3CC2CN3)C(OC(C)=O)C=CC1C)O[Si](CC)(CC)CC. The summed E-state index contributed by atoms with van der Waals surface area (Å²) < 4.78 is 47.1. The van der Waals surface area contributed by atoms with Gasteiger partial charge in [-0.3, -0.25) is 9.59 Å². The minimum atomic E-state index is -2.20. The Bertz CT molecular complexity index is 1730. The molecular weight excluding hydrogens is 921 g/mol. The normalized spacial score (nSPS) is 30.1. The fraction of sp³-hybridized carbons (Fsp3) is 0.833. The Balaban J connectivity index is 1.69. The lowest BCUT2D eigenvalue weighted by atomic mass is 9.88. The van der Waals surface area contributed by atoms with E-state index in [2.05, 4.69) is 101 Å². The van der Waals surface area contributed by atoms with E-state index in [0.717, 1.165) is 85.8 Å². The number of esters is 2. The molecule has 4 heterocycles. The molecule has 8 unspecified atom stereocenters. The molecule has 1 N–H and O–H groups in total. The maximum Gasteiger partial charge on any atom is 0.410 e. The summed E-state index contributed by atoms with van der Waals surface area (Å²) in [5, 5.41) is 3.46. The zero-order valence-electron chi connectivity index (χ0n) is 46.2. The Morgan fingerprint density at radius 3 is 2.06 bits per heavy atom. The number of rotatable bonds is 25. The van der Waals surface area contributed by atoms with Crippen molar-refractivity contribution in [2.24, 2.45) is 11.8 Å². The first-order chi connectivity index (χ1) is 32.6. The molecule has 0 radical (unpaired) electrons. The first kappa shape index (κ1) is 59.4. The van der Waals surface area contributed by atoms with Crippen LogP contribution in [0.3, 0.4) is 0 Å². The van der Waals surface area contributed by atoms with Gasteiger partial charge in [0.15, 0.2) is 36.7 Å². The molecule has 12 nitrogen and oxygen atoms in total. The largest absolute Gasteiger partial charge is 0.457 e. The summed E-state index contributed by atoms with van der Waals surface area (Å²) in [4.78, 5) is 42.9. The fourth-order valence-corrected chi connectivity index (χ4v) is 20.6. The highest BCUT2D eigenvalue weighted by Gasteiger charge is 2.51. The van der Waals surface area contributed by atoms with E-state index in [1.165, 1.54) is 6.92 Å². The molecule has 4 rings (SSSR count). The Labute approximate surface area is 422 Å². The smallest absolute Gasteiger partial charge is 0.410 e. The molecule has 0 saturated carbocycles. The van der Waals surface area contributed by atoms with Gasteiger partial charge < -0.3 is 42.4 Å². The van der Waals surface area contributed by atoms with Crippen molar-refractivity contribution in [1.29, 1.82) is 0 Å². The molecule has 0 aromatic carbocycles. The van der Waals surface area contributed by atoms with Crippen LogP contribution < -0.4 is 5.32 Å². The molecule has 3 saturated heterocycles. The highest BCUT2D eigenvalue weighted by molar-refractivity contribution is 6.74. The third-order valence-electron chi connectivity index (χ3n) is 17.2. The van der Waals surface area contributed by atoms with E-state index < -0.39 is 66.5 Å². The average Bonchev–Trinajstić information content (AvgIpc) is 3.73. The standard InChI is InChI=1S/C54H98N2O10Si3/c1-17-46(65-68(21-5,22-6)23-7)41(13)51-47(61-51)36-53(15,66-69(24-8,25-9)26-10)32-27-28-39(11)50-40(12)29-30-48(60-42(14)57)54(16,63-52(59)56-38-43-34-44(56)37-55-43)33-31-45(35-49(58)62-50)64-67(18-2,19-3)20-4/h27-30,32,40-41,43-48,50-51,55H,17-26,31,33-38H2,1-16H3/b30-29?,32-27+,39-28+/t40?,41-,43?,44?,45?,46+,47-,48?,50?,51-,53?,54?/m1/s1. The minimum absolute atomic E-state index is 0.0572. The predicted molar refractivity (Wildman–Crippen MR) is 286 cm³/mol. The Hall–Kier alpha value is -2.12. The summed E-state index contributed by atoms with van der Waals surface area (Å²) in [6.45, 7) is 35.5. The number of cyclic esters (lactones) is 1. The van der Waals surface area contributed by atoms with Crippen LogP contribution in [-0.4, -0.2) is 121 Å². The second-order valence-electron chi connectivity index (χ2n) is 21.7. The second kappa shape index (κ2) is 26.2. The van der Waals surface area contributed by atoms with E-state index in [1.54, 1.807) is 0 Å². The lowest BCUT2D eigenvalue weighted by Crippen LogP contribution is -2.52. The summed E-state index contributed by atoms with van der Waals surface area (Å²) in [5.41, 5.74) is -0.963. The molecule has 12 atom stereocenters. The van der Waals surface area contributed by atoms with Crippen LogP contribution in [0.4, 0.5) is 4.79 Å². The number of piperazine rings is 1. The first-order valence-electron chi connectivity index (χ1n) is 27.5. The van der Waals surface area contributed by atoms with Crippen molar-refractivity contribution in [3.63, 3.8) is 0 Å². The molecule has 4 aliphatic rings. The van der Waals surface area contributed by atoms with E-state index in [1.807, 2.05) is 43.9 Å². The predicted octanol–water partition coefficient (Wildman–Crippen LogP) is 12.4. The number of hydrogen-bond acceptors (Lipinski definition) is 11. The molecule has 4 aliphatic heterocycles. The maximum absolute atomic E-state index is 14.3. The molecule has 69 heavy (non-hydrogen) atoms. The lowest BCUT2D eigenvalue weighted by molar-refractivity contribution is -0.158. The van der Waals surface area contributed by atoms with Crippen LogP contribution in [0.5, 0.6) is 0 Å². The van der Waals surface area contributed by atoms with Crippen molar-refractivity contribution in [2.45, 2.75) is 264 Å². The van der Waals surface area contributed by atoms with E-state index in [0.29, 0.717) is 19.4 Å². The quantitative estimate of drug-likeness (QED) is 0.0234. The summed E-state index contributed by atoms with van der Waals surface area (Å²) in [7, 11) is -6.06. The van der Waals surface area contributed by atoms with Gasteiger partial charge in [-0.05, 0) is 113 Å². The van der Waals surface area contributed by atoms with Crippen LogP contribution in [0.2, 0.25) is 54.4 Å². The first-order valence-corrected chi connectivity index (χ1v) is 35.1. The molecule has 396 valence electrons. The molecule has 3 fully saturated rings. The maximum atomic E-state index is 14.3. The van der Waals surface area contributed by atoms with Gasteiger partial charge in [-0.25, -0.2) is 4.79 Å². The highest BCUT2D eigenvalue weighted by Crippen LogP contribution is 2.43. The molecule has 0 aliphatic carbocycles. The summed E-state index contributed by atoms with van der Waals surface area (Å²) in [6.07, 6.45) is 11.4. The zero-order valence-corrected chi connectivity index (χ0v) is 49.2.